The number of primary amides is 1. The van der Waals surface area contributed by atoms with E-state index in [0.717, 1.165) is 17.5 Å². The van der Waals surface area contributed by atoms with E-state index in [1.807, 2.05) is 57.2 Å². The number of nitrogens with two attached hydrogens (primary N) is 1. The molecule has 0 aliphatic carbocycles. The topological polar surface area (TPSA) is 118 Å². The Morgan fingerprint density at radius 1 is 0.968 bits per heavy atom. The largest absolute Gasteiger partial charge is 0.444 e. The lowest BCUT2D eigenvalue weighted by atomic mass is 10.1. The third-order valence-corrected chi connectivity index (χ3v) is 4.23. The number of nitrogens with zero attached hydrogens (tertiary/aromatic N) is 1. The summed E-state index contributed by atoms with van der Waals surface area (Å²) < 4.78 is 5.25. The van der Waals surface area contributed by atoms with Crippen LogP contribution >= 0.6 is 0 Å². The molecule has 0 aliphatic rings. The summed E-state index contributed by atoms with van der Waals surface area (Å²) >= 11 is 0. The molecule has 0 saturated carbocycles. The molecule has 2 aromatic carbocycles. The molecule has 0 heterocycles. The second kappa shape index (κ2) is 11.0. The second-order valence-corrected chi connectivity index (χ2v) is 7.99. The summed E-state index contributed by atoms with van der Waals surface area (Å²) in [6, 6.07) is 14.7. The lowest BCUT2D eigenvalue weighted by Gasteiger charge is -2.19. The predicted octanol–water partition coefficient (Wildman–Crippen LogP) is 3.04. The zero-order valence-electron chi connectivity index (χ0n) is 18.5. The summed E-state index contributed by atoms with van der Waals surface area (Å²) in [6.07, 6.45) is 0.321. The van der Waals surface area contributed by atoms with E-state index in [2.05, 4.69) is 20.9 Å². The number of aliphatic imine (C=N–C) groups is 1. The Kier molecular flexibility index (Phi) is 8.43. The Morgan fingerprint density at radius 2 is 1.58 bits per heavy atom. The van der Waals surface area contributed by atoms with Crippen molar-refractivity contribution < 1.29 is 14.3 Å². The molecule has 2 aromatic rings. The standard InChI is InChI=1S/C23H31N5O3/c1-23(2,3)31-22(30)28-19-11-7-16(8-12-19)13-14-26-21(25-4)27-15-17-5-9-18(10-6-17)20(24)29/h5-12H,13-15H2,1-4H3,(H2,24,29)(H,28,30)(H2,25,26,27). The van der Waals surface area contributed by atoms with Gasteiger partial charge in [-0.15, -0.1) is 0 Å². The summed E-state index contributed by atoms with van der Waals surface area (Å²) in [5.41, 5.74) is 8.03. The maximum Gasteiger partial charge on any atom is 0.412 e. The summed E-state index contributed by atoms with van der Waals surface area (Å²) in [4.78, 5) is 27.2. The van der Waals surface area contributed by atoms with E-state index in [9.17, 15) is 9.59 Å². The van der Waals surface area contributed by atoms with Crippen molar-refractivity contribution in [3.8, 4) is 0 Å². The lowest BCUT2D eigenvalue weighted by molar-refractivity contribution is 0.0635. The average Bonchev–Trinajstić information content (AvgIpc) is 2.70. The molecule has 0 spiro atoms. The lowest BCUT2D eigenvalue weighted by Crippen LogP contribution is -2.37. The Balaban J connectivity index is 1.75. The van der Waals surface area contributed by atoms with E-state index in [1.54, 1.807) is 19.2 Å². The molecule has 0 aliphatic heterocycles. The maximum absolute atomic E-state index is 11.8. The summed E-state index contributed by atoms with van der Waals surface area (Å²) in [5.74, 6) is 0.243. The Morgan fingerprint density at radius 3 is 2.13 bits per heavy atom. The Hall–Kier alpha value is -3.55. The van der Waals surface area contributed by atoms with Gasteiger partial charge < -0.3 is 21.1 Å². The van der Waals surface area contributed by atoms with Crippen molar-refractivity contribution in [2.24, 2.45) is 10.7 Å². The first-order valence-corrected chi connectivity index (χ1v) is 10.1. The third-order valence-electron chi connectivity index (χ3n) is 4.23. The number of ether oxygens (including phenoxy) is 1. The first kappa shape index (κ1) is 23.7. The van der Waals surface area contributed by atoms with Gasteiger partial charge in [0.2, 0.25) is 5.91 Å². The molecular weight excluding hydrogens is 394 g/mol. The van der Waals surface area contributed by atoms with Crippen molar-refractivity contribution in [3.05, 3.63) is 65.2 Å². The third kappa shape index (κ3) is 8.77. The minimum atomic E-state index is -0.533. The fourth-order valence-corrected chi connectivity index (χ4v) is 2.69. The van der Waals surface area contributed by atoms with Crippen molar-refractivity contribution in [2.45, 2.75) is 39.3 Å². The summed E-state index contributed by atoms with van der Waals surface area (Å²) in [6.45, 7) is 6.74. The van der Waals surface area contributed by atoms with E-state index in [4.69, 9.17) is 10.5 Å². The average molecular weight is 426 g/mol. The van der Waals surface area contributed by atoms with Crippen LogP contribution in [-0.2, 0) is 17.7 Å². The monoisotopic (exact) mass is 425 g/mol. The number of guanidine groups is 1. The number of amides is 2. The number of nitrogens with one attached hydrogen (secondary N) is 3. The molecule has 8 nitrogen and oxygen atoms in total. The fraction of sp³-hybridized carbons (Fsp3) is 0.348. The molecule has 8 heteroatoms. The number of anilines is 1. The van der Waals surface area contributed by atoms with Crippen molar-refractivity contribution >= 4 is 23.6 Å². The Bertz CT molecular complexity index is 900. The first-order valence-electron chi connectivity index (χ1n) is 10.1. The molecule has 0 saturated heterocycles. The van der Waals surface area contributed by atoms with Gasteiger partial charge in [-0.05, 0) is 62.6 Å². The fourth-order valence-electron chi connectivity index (χ4n) is 2.69. The van der Waals surface area contributed by atoms with Gasteiger partial charge >= 0.3 is 6.09 Å². The molecule has 0 bridgehead atoms. The minimum Gasteiger partial charge on any atom is -0.444 e. The van der Waals surface area contributed by atoms with Crippen LogP contribution in [0.1, 0.15) is 42.3 Å². The van der Waals surface area contributed by atoms with E-state index in [0.29, 0.717) is 30.3 Å². The van der Waals surface area contributed by atoms with E-state index in [-0.39, 0.29) is 0 Å². The zero-order valence-corrected chi connectivity index (χ0v) is 18.5. The van der Waals surface area contributed by atoms with Gasteiger partial charge in [0, 0.05) is 31.4 Å². The minimum absolute atomic E-state index is 0.439. The normalized spacial score (nSPS) is 11.5. The summed E-state index contributed by atoms with van der Waals surface area (Å²) in [7, 11) is 1.71. The van der Waals surface area contributed by atoms with Gasteiger partial charge in [-0.3, -0.25) is 15.1 Å². The second-order valence-electron chi connectivity index (χ2n) is 7.99. The van der Waals surface area contributed by atoms with Crippen LogP contribution in [0.25, 0.3) is 0 Å². The zero-order chi connectivity index (χ0) is 22.9. The Labute approximate surface area is 183 Å². The van der Waals surface area contributed by atoms with Gasteiger partial charge in [0.05, 0.1) is 0 Å². The molecule has 0 aromatic heterocycles. The van der Waals surface area contributed by atoms with Crippen LogP contribution < -0.4 is 21.7 Å². The van der Waals surface area contributed by atoms with Crippen LogP contribution in [0.15, 0.2) is 53.5 Å². The van der Waals surface area contributed by atoms with Crippen molar-refractivity contribution in [1.82, 2.24) is 10.6 Å². The molecule has 31 heavy (non-hydrogen) atoms. The molecular formula is C23H31N5O3. The highest BCUT2D eigenvalue weighted by molar-refractivity contribution is 5.92. The molecule has 5 N–H and O–H groups in total. The molecule has 0 atom stereocenters. The van der Waals surface area contributed by atoms with Gasteiger partial charge in [-0.2, -0.15) is 0 Å². The highest BCUT2D eigenvalue weighted by atomic mass is 16.6. The number of benzene rings is 2. The number of hydrogen-bond acceptors (Lipinski definition) is 4. The van der Waals surface area contributed by atoms with Crippen LogP contribution in [0.5, 0.6) is 0 Å². The molecule has 0 unspecified atom stereocenters. The van der Waals surface area contributed by atoms with E-state index < -0.39 is 17.6 Å². The summed E-state index contributed by atoms with van der Waals surface area (Å²) in [5, 5.41) is 9.22. The highest BCUT2D eigenvalue weighted by Crippen LogP contribution is 2.13. The van der Waals surface area contributed by atoms with Crippen molar-refractivity contribution in [2.75, 3.05) is 18.9 Å². The first-order chi connectivity index (χ1) is 14.7. The van der Waals surface area contributed by atoms with Crippen LogP contribution in [-0.4, -0.2) is 37.2 Å². The predicted molar refractivity (Wildman–Crippen MR) is 123 cm³/mol. The van der Waals surface area contributed by atoms with E-state index in [1.165, 1.54) is 0 Å². The van der Waals surface area contributed by atoms with Crippen LogP contribution in [0, 0.1) is 0 Å². The molecule has 2 rings (SSSR count). The number of carbonyl (C=O) groups is 2. The van der Waals surface area contributed by atoms with Gasteiger partial charge in [0.1, 0.15) is 5.60 Å². The molecule has 0 radical (unpaired) electrons. The molecule has 0 fully saturated rings. The highest BCUT2D eigenvalue weighted by Gasteiger charge is 2.16. The van der Waals surface area contributed by atoms with Gasteiger partial charge in [0.25, 0.3) is 0 Å². The number of hydrogen-bond donors (Lipinski definition) is 4. The number of carbonyl (C=O) groups excluding carboxylic acids is 2. The van der Waals surface area contributed by atoms with Gasteiger partial charge in [-0.25, -0.2) is 4.79 Å². The van der Waals surface area contributed by atoms with Crippen LogP contribution in [0.3, 0.4) is 0 Å². The maximum atomic E-state index is 11.8. The van der Waals surface area contributed by atoms with Gasteiger partial charge in [0.15, 0.2) is 5.96 Å². The molecule has 2 amide bonds. The van der Waals surface area contributed by atoms with Crippen LogP contribution in [0.4, 0.5) is 10.5 Å². The SMILES string of the molecule is CN=C(NCCc1ccc(NC(=O)OC(C)(C)C)cc1)NCc1ccc(C(N)=O)cc1. The van der Waals surface area contributed by atoms with Crippen molar-refractivity contribution in [1.29, 1.82) is 0 Å². The van der Waals surface area contributed by atoms with Crippen molar-refractivity contribution in [3.63, 3.8) is 0 Å². The smallest absolute Gasteiger partial charge is 0.412 e. The van der Waals surface area contributed by atoms with E-state index >= 15 is 0 Å². The van der Waals surface area contributed by atoms with Gasteiger partial charge in [-0.1, -0.05) is 24.3 Å². The molecule has 166 valence electrons. The van der Waals surface area contributed by atoms with Crippen LogP contribution in [0.2, 0.25) is 0 Å². The quantitative estimate of drug-likeness (QED) is 0.402. The number of rotatable bonds is 7.